The summed E-state index contributed by atoms with van der Waals surface area (Å²) in [6.07, 6.45) is 5.36. The molecule has 1 heterocycles. The van der Waals surface area contributed by atoms with Gasteiger partial charge >= 0.3 is 6.03 Å². The molecule has 2 fully saturated rings. The van der Waals surface area contributed by atoms with Gasteiger partial charge in [-0.05, 0) is 51.7 Å². The van der Waals surface area contributed by atoms with E-state index in [9.17, 15) is 9.59 Å². The van der Waals surface area contributed by atoms with Gasteiger partial charge in [0, 0.05) is 39.0 Å². The van der Waals surface area contributed by atoms with Crippen molar-refractivity contribution in [1.82, 2.24) is 20.4 Å². The first-order chi connectivity index (χ1) is 15.1. The van der Waals surface area contributed by atoms with Gasteiger partial charge in [0.1, 0.15) is 0 Å². The van der Waals surface area contributed by atoms with Crippen LogP contribution < -0.4 is 10.6 Å². The topological polar surface area (TPSA) is 83.1 Å². The maximum absolute atomic E-state index is 13.5. The molecule has 0 aromatic heterocycles. The number of carbonyl (C=O) groups excluding carboxylic acids is 2. The smallest absolute Gasteiger partial charge is 0.324 e. The van der Waals surface area contributed by atoms with Crippen molar-refractivity contribution in [3.8, 4) is 0 Å². The van der Waals surface area contributed by atoms with Crippen LogP contribution in [0.4, 0.5) is 4.79 Å². The van der Waals surface area contributed by atoms with E-state index < -0.39 is 5.79 Å². The molecule has 2 rings (SSSR count). The number of ether oxygens (including phenoxy) is 2. The van der Waals surface area contributed by atoms with E-state index in [0.29, 0.717) is 38.8 Å². The number of amides is 3. The van der Waals surface area contributed by atoms with Crippen molar-refractivity contribution in [3.63, 3.8) is 0 Å². The van der Waals surface area contributed by atoms with Gasteiger partial charge in [-0.15, -0.1) is 0 Å². The number of hydrogen-bond donors (Lipinski definition) is 2. The van der Waals surface area contributed by atoms with Crippen LogP contribution >= 0.6 is 0 Å². The number of nitrogens with zero attached hydrogens (tertiary/aromatic N) is 2. The molecular formula is C24H46N4O4. The van der Waals surface area contributed by atoms with Gasteiger partial charge in [0.25, 0.3) is 0 Å². The number of imide groups is 1. The van der Waals surface area contributed by atoms with Crippen molar-refractivity contribution in [3.05, 3.63) is 0 Å². The van der Waals surface area contributed by atoms with E-state index in [-0.39, 0.29) is 23.3 Å². The lowest BCUT2D eigenvalue weighted by atomic mass is 9.79. The first-order valence-corrected chi connectivity index (χ1v) is 12.3. The number of carbonyl (C=O) groups is 2. The highest BCUT2D eigenvalue weighted by Crippen LogP contribution is 2.41. The van der Waals surface area contributed by atoms with Crippen LogP contribution in [-0.4, -0.2) is 88.1 Å². The molecule has 0 radical (unpaired) electrons. The van der Waals surface area contributed by atoms with Crippen LogP contribution in [0.25, 0.3) is 0 Å². The molecule has 0 aromatic rings. The molecule has 2 aliphatic rings. The predicted octanol–water partition coefficient (Wildman–Crippen LogP) is 2.68. The summed E-state index contributed by atoms with van der Waals surface area (Å²) in [7, 11) is 5.91. The molecule has 1 spiro atoms. The average Bonchev–Trinajstić information content (AvgIpc) is 3.16. The summed E-state index contributed by atoms with van der Waals surface area (Å²) < 4.78 is 11.9. The molecule has 0 aromatic carbocycles. The summed E-state index contributed by atoms with van der Waals surface area (Å²) in [5.74, 6) is -0.422. The molecule has 0 unspecified atom stereocenters. The van der Waals surface area contributed by atoms with E-state index in [1.54, 1.807) is 0 Å². The van der Waals surface area contributed by atoms with E-state index in [0.717, 1.165) is 45.1 Å². The summed E-state index contributed by atoms with van der Waals surface area (Å²) in [5.41, 5.74) is -0.0812. The second-order valence-electron chi connectivity index (χ2n) is 10.6. The molecule has 2 atom stereocenters. The lowest BCUT2D eigenvalue weighted by Gasteiger charge is -2.38. The molecule has 186 valence electrons. The summed E-state index contributed by atoms with van der Waals surface area (Å²) in [6.45, 7) is 9.91. The zero-order valence-corrected chi connectivity index (χ0v) is 21.2. The third kappa shape index (κ3) is 7.97. The highest BCUT2D eigenvalue weighted by Gasteiger charge is 2.42. The Hall–Kier alpha value is -1.22. The lowest BCUT2D eigenvalue weighted by Crippen LogP contribution is -2.51. The van der Waals surface area contributed by atoms with Crippen molar-refractivity contribution in [2.75, 3.05) is 60.5 Å². The van der Waals surface area contributed by atoms with Crippen molar-refractivity contribution in [2.24, 2.45) is 17.3 Å². The number of nitrogens with one attached hydrogen (secondary N) is 2. The van der Waals surface area contributed by atoms with Crippen molar-refractivity contribution in [2.45, 2.75) is 65.1 Å². The van der Waals surface area contributed by atoms with Gasteiger partial charge in [0.15, 0.2) is 5.79 Å². The summed E-state index contributed by atoms with van der Waals surface area (Å²) in [5, 5.41) is 6.18. The quantitative estimate of drug-likeness (QED) is 0.499. The van der Waals surface area contributed by atoms with Crippen LogP contribution in [0.5, 0.6) is 0 Å². The minimum atomic E-state index is -0.450. The van der Waals surface area contributed by atoms with Crippen molar-refractivity contribution < 1.29 is 19.1 Å². The molecule has 1 saturated heterocycles. The molecule has 1 saturated carbocycles. The molecule has 0 bridgehead atoms. The summed E-state index contributed by atoms with van der Waals surface area (Å²) in [4.78, 5) is 30.1. The molecule has 8 heteroatoms. The molecule has 2 N–H and O–H groups in total. The molecular weight excluding hydrogens is 408 g/mol. The number of urea groups is 1. The Kier molecular flexibility index (Phi) is 10.4. The Balaban J connectivity index is 2.02. The fourth-order valence-corrected chi connectivity index (χ4v) is 5.26. The Morgan fingerprint density at radius 2 is 1.91 bits per heavy atom. The van der Waals surface area contributed by atoms with Crippen molar-refractivity contribution in [1.29, 1.82) is 0 Å². The fourth-order valence-electron chi connectivity index (χ4n) is 5.26. The standard InChI is InChI=1S/C24H46N4O4/c1-7-11-28(22(30)26-17-23(2,3)18-27(5)6)21(29)20(16-25-4)14-19-9-8-10-24(15-19)31-12-13-32-24/h19-20,25H,7-18H2,1-6H3,(H,26,30)/t19-,20-/m1/s1. The van der Waals surface area contributed by atoms with E-state index >= 15 is 0 Å². The predicted molar refractivity (Wildman–Crippen MR) is 126 cm³/mol. The van der Waals surface area contributed by atoms with Crippen LogP contribution in [0, 0.1) is 17.3 Å². The Morgan fingerprint density at radius 1 is 1.22 bits per heavy atom. The van der Waals surface area contributed by atoms with Gasteiger partial charge in [-0.25, -0.2) is 4.79 Å². The van der Waals surface area contributed by atoms with Gasteiger partial charge in [-0.1, -0.05) is 27.2 Å². The summed E-state index contributed by atoms with van der Waals surface area (Å²) >= 11 is 0. The second kappa shape index (κ2) is 12.3. The third-order valence-electron chi connectivity index (χ3n) is 6.42. The average molecular weight is 455 g/mol. The van der Waals surface area contributed by atoms with E-state index in [1.165, 1.54) is 4.90 Å². The van der Waals surface area contributed by atoms with Gasteiger partial charge < -0.3 is 25.0 Å². The Bertz CT molecular complexity index is 605. The van der Waals surface area contributed by atoms with Crippen LogP contribution in [-0.2, 0) is 14.3 Å². The minimum absolute atomic E-state index is 0.0812. The van der Waals surface area contributed by atoms with Gasteiger partial charge in [0.2, 0.25) is 5.91 Å². The molecule has 1 aliphatic carbocycles. The van der Waals surface area contributed by atoms with Crippen LogP contribution in [0.2, 0.25) is 0 Å². The molecule has 32 heavy (non-hydrogen) atoms. The zero-order valence-electron chi connectivity index (χ0n) is 21.2. The second-order valence-corrected chi connectivity index (χ2v) is 10.6. The molecule has 3 amide bonds. The Labute approximate surface area is 194 Å². The first kappa shape index (κ1) is 27.0. The Morgan fingerprint density at radius 3 is 2.50 bits per heavy atom. The maximum atomic E-state index is 13.5. The first-order valence-electron chi connectivity index (χ1n) is 12.3. The summed E-state index contributed by atoms with van der Waals surface area (Å²) in [6, 6.07) is -0.285. The third-order valence-corrected chi connectivity index (χ3v) is 6.42. The maximum Gasteiger partial charge on any atom is 0.324 e. The monoisotopic (exact) mass is 454 g/mol. The fraction of sp³-hybridized carbons (Fsp3) is 0.917. The minimum Gasteiger partial charge on any atom is -0.348 e. The molecule has 8 nitrogen and oxygen atoms in total. The van der Waals surface area contributed by atoms with Crippen LogP contribution in [0.15, 0.2) is 0 Å². The lowest BCUT2D eigenvalue weighted by molar-refractivity contribution is -0.188. The van der Waals surface area contributed by atoms with Gasteiger partial charge in [-0.3, -0.25) is 9.69 Å². The normalized spacial score (nSPS) is 21.7. The van der Waals surface area contributed by atoms with E-state index in [1.807, 2.05) is 28.1 Å². The van der Waals surface area contributed by atoms with Gasteiger partial charge in [-0.2, -0.15) is 0 Å². The largest absolute Gasteiger partial charge is 0.348 e. The van der Waals surface area contributed by atoms with Crippen LogP contribution in [0.3, 0.4) is 0 Å². The van der Waals surface area contributed by atoms with Gasteiger partial charge in [0.05, 0.1) is 19.1 Å². The van der Waals surface area contributed by atoms with Crippen molar-refractivity contribution >= 4 is 11.9 Å². The highest BCUT2D eigenvalue weighted by atomic mass is 16.7. The highest BCUT2D eigenvalue weighted by molar-refractivity contribution is 5.95. The molecule has 1 aliphatic heterocycles. The van der Waals surface area contributed by atoms with E-state index in [4.69, 9.17) is 9.47 Å². The number of rotatable bonds is 11. The number of hydrogen-bond acceptors (Lipinski definition) is 6. The van der Waals surface area contributed by atoms with E-state index in [2.05, 4.69) is 29.4 Å². The SMILES string of the molecule is CCCN(C(=O)NCC(C)(C)CN(C)C)C(=O)[C@@H](CNC)C[C@H]1CCCC2(C1)OCCO2. The van der Waals surface area contributed by atoms with Crippen LogP contribution in [0.1, 0.15) is 59.3 Å². The zero-order chi connectivity index (χ0) is 23.8.